The third-order valence-corrected chi connectivity index (χ3v) is 4.39. The van der Waals surface area contributed by atoms with Crippen molar-refractivity contribution in [3.05, 3.63) is 22.0 Å². The zero-order valence-corrected chi connectivity index (χ0v) is 10.4. The Morgan fingerprint density at radius 3 is 2.87 bits per heavy atom. The Morgan fingerprint density at radius 1 is 1.47 bits per heavy atom. The predicted octanol–water partition coefficient (Wildman–Crippen LogP) is 2.85. The molecule has 0 bridgehead atoms. The lowest BCUT2D eigenvalue weighted by atomic mass is 10.2. The lowest BCUT2D eigenvalue weighted by molar-refractivity contribution is 0.786. The van der Waals surface area contributed by atoms with Crippen molar-refractivity contribution >= 4 is 22.7 Å². The number of aromatic nitrogens is 2. The van der Waals surface area contributed by atoms with E-state index in [9.17, 15) is 0 Å². The van der Waals surface area contributed by atoms with E-state index in [0.717, 1.165) is 16.4 Å². The second-order valence-corrected chi connectivity index (χ2v) is 5.29. The monoisotopic (exact) mass is 239 g/mol. The van der Waals surface area contributed by atoms with Gasteiger partial charge in [0.2, 0.25) is 0 Å². The van der Waals surface area contributed by atoms with Gasteiger partial charge >= 0.3 is 0 Å². The summed E-state index contributed by atoms with van der Waals surface area (Å²) in [6.45, 7) is 4.08. The SMILES string of the molecule is CCc1ccsc1-c1nnc(C(C)N)s1. The summed E-state index contributed by atoms with van der Waals surface area (Å²) in [4.78, 5) is 1.24. The molecule has 2 heterocycles. The number of thiophene rings is 1. The minimum atomic E-state index is -0.0266. The highest BCUT2D eigenvalue weighted by Crippen LogP contribution is 2.33. The molecule has 2 rings (SSSR count). The summed E-state index contributed by atoms with van der Waals surface area (Å²) in [5.74, 6) is 0. The quantitative estimate of drug-likeness (QED) is 0.896. The maximum atomic E-state index is 5.76. The Balaban J connectivity index is 2.37. The first-order valence-electron chi connectivity index (χ1n) is 4.88. The Bertz CT molecular complexity index is 445. The molecule has 2 aromatic heterocycles. The van der Waals surface area contributed by atoms with Gasteiger partial charge in [0, 0.05) is 0 Å². The Morgan fingerprint density at radius 2 is 2.27 bits per heavy atom. The van der Waals surface area contributed by atoms with Gasteiger partial charge in [0.1, 0.15) is 5.01 Å². The molecule has 5 heteroatoms. The molecular weight excluding hydrogens is 226 g/mol. The van der Waals surface area contributed by atoms with Gasteiger partial charge in [-0.25, -0.2) is 0 Å². The minimum absolute atomic E-state index is 0.0266. The van der Waals surface area contributed by atoms with Crippen molar-refractivity contribution in [2.75, 3.05) is 0 Å². The van der Waals surface area contributed by atoms with Crippen molar-refractivity contribution in [1.82, 2.24) is 10.2 Å². The highest BCUT2D eigenvalue weighted by atomic mass is 32.1. The highest BCUT2D eigenvalue weighted by molar-refractivity contribution is 7.20. The van der Waals surface area contributed by atoms with Crippen molar-refractivity contribution in [3.63, 3.8) is 0 Å². The Hall–Kier alpha value is -0.780. The summed E-state index contributed by atoms with van der Waals surface area (Å²) in [5.41, 5.74) is 7.10. The van der Waals surface area contributed by atoms with E-state index in [2.05, 4.69) is 28.6 Å². The maximum absolute atomic E-state index is 5.76. The molecule has 80 valence electrons. The fourth-order valence-corrected chi connectivity index (χ4v) is 3.23. The molecule has 0 aromatic carbocycles. The van der Waals surface area contributed by atoms with Crippen molar-refractivity contribution < 1.29 is 0 Å². The van der Waals surface area contributed by atoms with Crippen LogP contribution in [0, 0.1) is 0 Å². The topological polar surface area (TPSA) is 51.8 Å². The molecule has 0 saturated carbocycles. The number of hydrogen-bond acceptors (Lipinski definition) is 5. The number of nitrogens with zero attached hydrogens (tertiary/aromatic N) is 2. The van der Waals surface area contributed by atoms with Crippen molar-refractivity contribution in [3.8, 4) is 9.88 Å². The van der Waals surface area contributed by atoms with E-state index in [1.807, 2.05) is 6.92 Å². The lowest BCUT2D eigenvalue weighted by Crippen LogP contribution is -2.03. The van der Waals surface area contributed by atoms with Crippen LogP contribution in [0.4, 0.5) is 0 Å². The van der Waals surface area contributed by atoms with Gasteiger partial charge in [-0.3, -0.25) is 0 Å². The van der Waals surface area contributed by atoms with Crippen LogP contribution in [0.15, 0.2) is 11.4 Å². The fraction of sp³-hybridized carbons (Fsp3) is 0.400. The third kappa shape index (κ3) is 2.09. The summed E-state index contributed by atoms with van der Waals surface area (Å²) in [7, 11) is 0. The van der Waals surface area contributed by atoms with Crippen molar-refractivity contribution in [2.24, 2.45) is 5.73 Å². The van der Waals surface area contributed by atoms with Gasteiger partial charge in [-0.1, -0.05) is 18.3 Å². The van der Waals surface area contributed by atoms with Crippen molar-refractivity contribution in [1.29, 1.82) is 0 Å². The smallest absolute Gasteiger partial charge is 0.158 e. The molecule has 0 aliphatic carbocycles. The van der Waals surface area contributed by atoms with Gasteiger partial charge in [0.05, 0.1) is 10.9 Å². The largest absolute Gasteiger partial charge is 0.322 e. The van der Waals surface area contributed by atoms with E-state index in [4.69, 9.17) is 5.73 Å². The summed E-state index contributed by atoms with van der Waals surface area (Å²) in [6, 6.07) is 2.12. The number of nitrogens with two attached hydrogens (primary N) is 1. The van der Waals surface area contributed by atoms with Crippen LogP contribution in [0.25, 0.3) is 9.88 Å². The molecule has 3 nitrogen and oxygen atoms in total. The zero-order chi connectivity index (χ0) is 10.8. The lowest BCUT2D eigenvalue weighted by Gasteiger charge is -1.96. The molecule has 0 saturated heterocycles. The van der Waals surface area contributed by atoms with Crippen LogP contribution in [-0.2, 0) is 6.42 Å². The minimum Gasteiger partial charge on any atom is -0.322 e. The van der Waals surface area contributed by atoms with Gasteiger partial charge in [0.25, 0.3) is 0 Å². The number of aryl methyl sites for hydroxylation is 1. The average Bonchev–Trinajstić information content (AvgIpc) is 2.85. The second kappa shape index (κ2) is 4.38. The zero-order valence-electron chi connectivity index (χ0n) is 8.73. The first kappa shape index (κ1) is 10.7. The molecule has 1 unspecified atom stereocenters. The first-order valence-corrected chi connectivity index (χ1v) is 6.57. The highest BCUT2D eigenvalue weighted by Gasteiger charge is 2.13. The van der Waals surface area contributed by atoms with E-state index in [1.165, 1.54) is 10.4 Å². The molecule has 0 radical (unpaired) electrons. The van der Waals surface area contributed by atoms with Gasteiger partial charge in [-0.15, -0.1) is 21.5 Å². The van der Waals surface area contributed by atoms with Crippen LogP contribution in [0.5, 0.6) is 0 Å². The summed E-state index contributed by atoms with van der Waals surface area (Å²) < 4.78 is 0. The van der Waals surface area contributed by atoms with Crippen LogP contribution in [0.3, 0.4) is 0 Å². The molecule has 0 aliphatic heterocycles. The van der Waals surface area contributed by atoms with E-state index in [-0.39, 0.29) is 6.04 Å². The first-order chi connectivity index (χ1) is 7.22. The maximum Gasteiger partial charge on any atom is 0.158 e. The number of hydrogen-bond donors (Lipinski definition) is 1. The summed E-state index contributed by atoms with van der Waals surface area (Å²) in [5, 5.41) is 12.3. The van der Waals surface area contributed by atoms with Crippen LogP contribution in [0.1, 0.15) is 30.5 Å². The molecule has 0 spiro atoms. The van der Waals surface area contributed by atoms with Crippen molar-refractivity contribution in [2.45, 2.75) is 26.3 Å². The van der Waals surface area contributed by atoms with Gasteiger partial charge in [0.15, 0.2) is 5.01 Å². The van der Waals surface area contributed by atoms with Gasteiger partial charge < -0.3 is 5.73 Å². The fourth-order valence-electron chi connectivity index (χ4n) is 1.31. The van der Waals surface area contributed by atoms with E-state index >= 15 is 0 Å². The average molecular weight is 239 g/mol. The van der Waals surface area contributed by atoms with Crippen LogP contribution in [0.2, 0.25) is 0 Å². The standard InChI is InChI=1S/C10H13N3S2/c1-3-7-4-5-14-8(7)10-13-12-9(15-10)6(2)11/h4-6H,3,11H2,1-2H3. The van der Waals surface area contributed by atoms with Gasteiger partial charge in [-0.05, 0) is 30.4 Å². The molecular formula is C10H13N3S2. The van der Waals surface area contributed by atoms with Gasteiger partial charge in [-0.2, -0.15) is 0 Å². The van der Waals surface area contributed by atoms with E-state index in [1.54, 1.807) is 22.7 Å². The second-order valence-electron chi connectivity index (χ2n) is 3.36. The molecule has 15 heavy (non-hydrogen) atoms. The Kier molecular flexibility index (Phi) is 3.14. The van der Waals surface area contributed by atoms with Crippen LogP contribution >= 0.6 is 22.7 Å². The van der Waals surface area contributed by atoms with Crippen LogP contribution in [-0.4, -0.2) is 10.2 Å². The predicted molar refractivity (Wildman–Crippen MR) is 65.2 cm³/mol. The van der Waals surface area contributed by atoms with E-state index < -0.39 is 0 Å². The normalized spacial score (nSPS) is 13.0. The number of rotatable bonds is 3. The molecule has 2 aromatic rings. The molecule has 0 amide bonds. The molecule has 0 aliphatic rings. The summed E-state index contributed by atoms with van der Waals surface area (Å²) >= 11 is 3.31. The molecule has 2 N–H and O–H groups in total. The third-order valence-electron chi connectivity index (χ3n) is 2.15. The van der Waals surface area contributed by atoms with Crippen LogP contribution < -0.4 is 5.73 Å². The Labute approximate surface area is 97.0 Å². The molecule has 0 fully saturated rings. The molecule has 1 atom stereocenters. The van der Waals surface area contributed by atoms with E-state index in [0.29, 0.717) is 0 Å². The summed E-state index contributed by atoms with van der Waals surface area (Å²) in [6.07, 6.45) is 1.03.